The monoisotopic (exact) mass is 320 g/mol. The molecule has 72 valence electrons. The number of fused-ring (bicyclic) bond motifs is 1. The van der Waals surface area contributed by atoms with E-state index in [1.165, 1.54) is 17.4 Å². The Kier molecular flexibility index (Phi) is 2.36. The van der Waals surface area contributed by atoms with Crippen LogP contribution in [0.4, 0.5) is 0 Å². The molecule has 2 aromatic rings. The van der Waals surface area contributed by atoms with Gasteiger partial charge in [0.25, 0.3) is 0 Å². The van der Waals surface area contributed by atoms with Crippen LogP contribution < -0.4 is 0 Å². The summed E-state index contributed by atoms with van der Waals surface area (Å²) in [6.07, 6.45) is 0. The van der Waals surface area contributed by atoms with Gasteiger partial charge in [-0.3, -0.25) is 0 Å². The first kappa shape index (κ1) is 9.72. The van der Waals surface area contributed by atoms with E-state index < -0.39 is 5.97 Å². The molecule has 1 aromatic heterocycles. The molecule has 0 atom stereocenters. The summed E-state index contributed by atoms with van der Waals surface area (Å²) in [5, 5.41) is 21.0. The molecule has 3 nitrogen and oxygen atoms in total. The number of carboxylic acid groups (broad SMARTS) is 1. The Morgan fingerprint density at radius 3 is 2.86 bits per heavy atom. The summed E-state index contributed by atoms with van der Waals surface area (Å²) in [6.45, 7) is 0. The molecule has 5 heteroatoms. The summed E-state index contributed by atoms with van der Waals surface area (Å²) in [7, 11) is 0. The largest absolute Gasteiger partial charge is 0.505 e. The number of aromatic carboxylic acids is 1. The van der Waals surface area contributed by atoms with E-state index >= 15 is 0 Å². The van der Waals surface area contributed by atoms with Crippen LogP contribution in [0, 0.1) is 3.57 Å². The predicted molar refractivity (Wildman–Crippen MR) is 63.2 cm³/mol. The van der Waals surface area contributed by atoms with Crippen molar-refractivity contribution < 1.29 is 15.0 Å². The van der Waals surface area contributed by atoms with Gasteiger partial charge in [-0.25, -0.2) is 4.79 Å². The molecule has 1 aromatic carbocycles. The molecule has 0 aliphatic rings. The van der Waals surface area contributed by atoms with E-state index in [0.29, 0.717) is 13.7 Å². The van der Waals surface area contributed by atoms with E-state index in [1.807, 2.05) is 22.6 Å². The van der Waals surface area contributed by atoms with Crippen molar-refractivity contribution in [2.24, 2.45) is 0 Å². The number of carboxylic acids is 1. The number of benzene rings is 1. The van der Waals surface area contributed by atoms with Crippen LogP contribution >= 0.6 is 33.9 Å². The summed E-state index contributed by atoms with van der Waals surface area (Å²) in [5.74, 6) is -0.799. The van der Waals surface area contributed by atoms with Crippen molar-refractivity contribution in [2.45, 2.75) is 0 Å². The normalized spacial score (nSPS) is 10.6. The van der Waals surface area contributed by atoms with Crippen molar-refractivity contribution in [1.29, 1.82) is 0 Å². The van der Waals surface area contributed by atoms with E-state index in [9.17, 15) is 9.90 Å². The molecule has 1 heterocycles. The number of carbonyl (C=O) groups is 1. The number of phenols is 1. The van der Waals surface area contributed by atoms with Gasteiger partial charge in [0.15, 0.2) is 0 Å². The standard InChI is InChI=1S/C9H5IO3S/c10-6-3-5(9(12)13)4-1-2-14-8(4)7(6)11/h1-3,11H,(H,12,13). The van der Waals surface area contributed by atoms with Gasteiger partial charge >= 0.3 is 5.97 Å². The quantitative estimate of drug-likeness (QED) is 0.795. The van der Waals surface area contributed by atoms with Crippen molar-refractivity contribution in [2.75, 3.05) is 0 Å². The third-order valence-electron chi connectivity index (χ3n) is 1.90. The van der Waals surface area contributed by atoms with Gasteiger partial charge in [0.05, 0.1) is 13.8 Å². The van der Waals surface area contributed by atoms with Crippen LogP contribution in [-0.2, 0) is 0 Å². The molecule has 0 aliphatic heterocycles. The number of thiophene rings is 1. The molecular formula is C9H5IO3S. The van der Waals surface area contributed by atoms with Gasteiger partial charge < -0.3 is 10.2 Å². The summed E-state index contributed by atoms with van der Waals surface area (Å²) in [5.41, 5.74) is 0.239. The van der Waals surface area contributed by atoms with Crippen molar-refractivity contribution in [3.8, 4) is 5.75 Å². The average molecular weight is 320 g/mol. The summed E-state index contributed by atoms with van der Waals surface area (Å²) in [4.78, 5) is 10.9. The van der Waals surface area contributed by atoms with Gasteiger partial charge in [-0.05, 0) is 40.1 Å². The molecule has 2 N–H and O–H groups in total. The molecule has 0 bridgehead atoms. The third-order valence-corrected chi connectivity index (χ3v) is 3.64. The van der Waals surface area contributed by atoms with E-state index in [1.54, 1.807) is 11.4 Å². The Balaban J connectivity index is 2.91. The van der Waals surface area contributed by atoms with Crippen molar-refractivity contribution >= 4 is 50.0 Å². The smallest absolute Gasteiger partial charge is 0.336 e. The number of rotatable bonds is 1. The summed E-state index contributed by atoms with van der Waals surface area (Å²) >= 11 is 3.26. The molecule has 14 heavy (non-hydrogen) atoms. The molecule has 0 spiro atoms. The van der Waals surface area contributed by atoms with Gasteiger partial charge in [0.1, 0.15) is 5.75 Å². The zero-order chi connectivity index (χ0) is 10.3. The number of hydrogen-bond acceptors (Lipinski definition) is 3. The van der Waals surface area contributed by atoms with Crippen molar-refractivity contribution in [3.63, 3.8) is 0 Å². The maximum absolute atomic E-state index is 10.9. The minimum Gasteiger partial charge on any atom is -0.505 e. The highest BCUT2D eigenvalue weighted by Gasteiger charge is 2.14. The lowest BCUT2D eigenvalue weighted by Crippen LogP contribution is -1.97. The van der Waals surface area contributed by atoms with Crippen LogP contribution in [0.5, 0.6) is 5.75 Å². The zero-order valence-corrected chi connectivity index (χ0v) is 9.79. The van der Waals surface area contributed by atoms with Crippen LogP contribution in [0.15, 0.2) is 17.5 Å². The lowest BCUT2D eigenvalue weighted by molar-refractivity contribution is 0.0699. The number of halogens is 1. The molecule has 0 aliphatic carbocycles. The Morgan fingerprint density at radius 1 is 1.50 bits per heavy atom. The molecule has 0 unspecified atom stereocenters. The topological polar surface area (TPSA) is 57.5 Å². The molecule has 0 fully saturated rings. The minimum absolute atomic E-state index is 0.167. The van der Waals surface area contributed by atoms with E-state index in [0.717, 1.165) is 0 Å². The number of phenolic OH excluding ortho intramolecular Hbond substituents is 1. The Hall–Kier alpha value is -0.820. The van der Waals surface area contributed by atoms with Crippen LogP contribution in [0.2, 0.25) is 0 Å². The van der Waals surface area contributed by atoms with Gasteiger partial charge in [-0.1, -0.05) is 0 Å². The Labute approximate surface area is 97.1 Å². The Morgan fingerprint density at radius 2 is 2.21 bits per heavy atom. The maximum Gasteiger partial charge on any atom is 0.336 e. The fraction of sp³-hybridized carbons (Fsp3) is 0. The molecule has 2 rings (SSSR count). The molecular weight excluding hydrogens is 315 g/mol. The maximum atomic E-state index is 10.9. The first-order chi connectivity index (χ1) is 6.61. The van der Waals surface area contributed by atoms with Gasteiger partial charge in [0, 0.05) is 5.39 Å². The van der Waals surface area contributed by atoms with Crippen LogP contribution in [0.1, 0.15) is 10.4 Å². The second-order valence-electron chi connectivity index (χ2n) is 2.72. The van der Waals surface area contributed by atoms with Gasteiger partial charge in [-0.2, -0.15) is 0 Å². The van der Waals surface area contributed by atoms with Crippen LogP contribution in [0.3, 0.4) is 0 Å². The minimum atomic E-state index is -0.966. The number of hydrogen-bond donors (Lipinski definition) is 2. The van der Waals surface area contributed by atoms with E-state index in [2.05, 4.69) is 0 Å². The van der Waals surface area contributed by atoms with Gasteiger partial charge in [0.2, 0.25) is 0 Å². The molecule has 0 saturated carbocycles. The highest BCUT2D eigenvalue weighted by Crippen LogP contribution is 2.36. The molecule has 0 amide bonds. The average Bonchev–Trinajstić information content (AvgIpc) is 2.59. The second-order valence-corrected chi connectivity index (χ2v) is 4.80. The second kappa shape index (κ2) is 3.39. The van der Waals surface area contributed by atoms with Crippen molar-refractivity contribution in [3.05, 3.63) is 26.6 Å². The lowest BCUT2D eigenvalue weighted by Gasteiger charge is -2.02. The zero-order valence-electron chi connectivity index (χ0n) is 6.82. The SMILES string of the molecule is O=C(O)c1cc(I)c(O)c2sccc12. The van der Waals surface area contributed by atoms with Crippen LogP contribution in [0.25, 0.3) is 10.1 Å². The fourth-order valence-corrected chi connectivity index (χ4v) is 2.89. The predicted octanol–water partition coefficient (Wildman–Crippen LogP) is 2.91. The fourth-order valence-electron chi connectivity index (χ4n) is 1.26. The van der Waals surface area contributed by atoms with E-state index in [4.69, 9.17) is 5.11 Å². The first-order valence-corrected chi connectivity index (χ1v) is 5.69. The summed E-state index contributed by atoms with van der Waals surface area (Å²) < 4.78 is 1.20. The third kappa shape index (κ3) is 1.36. The number of aromatic hydroxyl groups is 1. The first-order valence-electron chi connectivity index (χ1n) is 3.73. The van der Waals surface area contributed by atoms with E-state index in [-0.39, 0.29) is 11.3 Å². The molecule has 0 saturated heterocycles. The van der Waals surface area contributed by atoms with Crippen LogP contribution in [-0.4, -0.2) is 16.2 Å². The lowest BCUT2D eigenvalue weighted by atomic mass is 10.1. The van der Waals surface area contributed by atoms with Crippen molar-refractivity contribution in [1.82, 2.24) is 0 Å². The Bertz CT molecular complexity index is 518. The molecule has 0 radical (unpaired) electrons. The van der Waals surface area contributed by atoms with Gasteiger partial charge in [-0.15, -0.1) is 11.3 Å². The highest BCUT2D eigenvalue weighted by molar-refractivity contribution is 14.1. The highest BCUT2D eigenvalue weighted by atomic mass is 127. The summed E-state index contributed by atoms with van der Waals surface area (Å²) in [6, 6.07) is 3.19.